The van der Waals surface area contributed by atoms with Crippen LogP contribution in [-0.4, -0.2) is 42.5 Å². The van der Waals surface area contributed by atoms with Crippen LogP contribution in [0, 0.1) is 6.92 Å². The number of hydrogen-bond donors (Lipinski definition) is 1. The fraction of sp³-hybridized carbons (Fsp3) is 0.304. The lowest BCUT2D eigenvalue weighted by Crippen LogP contribution is -2.23. The van der Waals surface area contributed by atoms with Crippen molar-refractivity contribution in [2.45, 2.75) is 38.0 Å². The van der Waals surface area contributed by atoms with Gasteiger partial charge in [-0.2, -0.15) is 5.10 Å². The maximum atomic E-state index is 13.1. The van der Waals surface area contributed by atoms with Crippen molar-refractivity contribution in [3.05, 3.63) is 70.4 Å². The Bertz CT molecular complexity index is 1270. The molecule has 3 rings (SSSR count). The van der Waals surface area contributed by atoms with Gasteiger partial charge in [-0.05, 0) is 42.8 Å². The number of nitrogens with zero attached hydrogens (tertiary/aromatic N) is 3. The van der Waals surface area contributed by atoms with Crippen LogP contribution in [0.4, 0.5) is 5.82 Å². The first-order chi connectivity index (χ1) is 14.8. The number of nitrogens with one attached hydrogen (secondary N) is 1. The van der Waals surface area contributed by atoms with Gasteiger partial charge in [0.1, 0.15) is 5.82 Å². The zero-order chi connectivity index (χ0) is 23.8. The van der Waals surface area contributed by atoms with E-state index >= 15 is 0 Å². The lowest BCUT2D eigenvalue weighted by molar-refractivity contribution is 0.102. The number of anilines is 1. The molecule has 1 N–H and O–H groups in total. The molecule has 0 aliphatic heterocycles. The molecule has 3 aromatic rings. The molecule has 0 atom stereocenters. The first kappa shape index (κ1) is 24.0. The summed E-state index contributed by atoms with van der Waals surface area (Å²) in [6, 6.07) is 13.6. The number of hydrogen-bond acceptors (Lipinski definition) is 4. The zero-order valence-electron chi connectivity index (χ0n) is 19.0. The molecule has 9 heteroatoms. The SMILES string of the molecule is Cc1cccc(-n2nc(C(C)(C)C)cc2NC(=O)c2cc(S(=O)(=O)N(C)C)ccc2Cl)c1. The minimum atomic E-state index is -3.72. The third-order valence-corrected chi connectivity index (χ3v) is 7.07. The quantitative estimate of drug-likeness (QED) is 0.584. The van der Waals surface area contributed by atoms with Gasteiger partial charge in [-0.3, -0.25) is 4.79 Å². The van der Waals surface area contributed by atoms with E-state index in [1.54, 1.807) is 4.68 Å². The number of amides is 1. The summed E-state index contributed by atoms with van der Waals surface area (Å²) in [5.74, 6) is -0.0671. The van der Waals surface area contributed by atoms with Gasteiger partial charge in [0.25, 0.3) is 5.91 Å². The number of benzene rings is 2. The standard InChI is InChI=1S/C23H27ClN4O3S/c1-15-8-7-9-16(12-15)28-21(14-20(26-28)23(2,3)4)25-22(29)18-13-17(10-11-19(18)24)32(30,31)27(5)6/h7-14H,1-6H3,(H,25,29). The number of aromatic nitrogens is 2. The van der Waals surface area contributed by atoms with Crippen LogP contribution in [0.1, 0.15) is 42.4 Å². The average molecular weight is 475 g/mol. The van der Waals surface area contributed by atoms with Gasteiger partial charge in [-0.25, -0.2) is 17.4 Å². The highest BCUT2D eigenvalue weighted by Gasteiger charge is 2.24. The summed E-state index contributed by atoms with van der Waals surface area (Å²) in [5.41, 5.74) is 2.46. The Hall–Kier alpha value is -2.68. The van der Waals surface area contributed by atoms with E-state index < -0.39 is 15.9 Å². The smallest absolute Gasteiger partial charge is 0.258 e. The van der Waals surface area contributed by atoms with Crippen molar-refractivity contribution in [2.24, 2.45) is 0 Å². The highest BCUT2D eigenvalue weighted by atomic mass is 35.5. The van der Waals surface area contributed by atoms with Crippen LogP contribution in [0.15, 0.2) is 53.4 Å². The van der Waals surface area contributed by atoms with Gasteiger partial charge in [0, 0.05) is 25.6 Å². The van der Waals surface area contributed by atoms with Crippen molar-refractivity contribution in [1.82, 2.24) is 14.1 Å². The van der Waals surface area contributed by atoms with Crippen LogP contribution in [-0.2, 0) is 15.4 Å². The summed E-state index contributed by atoms with van der Waals surface area (Å²) in [6.45, 7) is 8.09. The number of halogens is 1. The van der Waals surface area contributed by atoms with Crippen molar-refractivity contribution < 1.29 is 13.2 Å². The van der Waals surface area contributed by atoms with E-state index in [0.29, 0.717) is 5.82 Å². The average Bonchev–Trinajstić information content (AvgIpc) is 3.12. The van der Waals surface area contributed by atoms with Gasteiger partial charge in [0.05, 0.1) is 26.9 Å². The van der Waals surface area contributed by atoms with E-state index in [4.69, 9.17) is 16.7 Å². The topological polar surface area (TPSA) is 84.3 Å². The Labute approximate surface area is 194 Å². The lowest BCUT2D eigenvalue weighted by Gasteiger charge is -2.14. The van der Waals surface area contributed by atoms with E-state index in [9.17, 15) is 13.2 Å². The molecule has 1 amide bonds. The molecule has 2 aromatic carbocycles. The van der Waals surface area contributed by atoms with Crippen molar-refractivity contribution in [2.75, 3.05) is 19.4 Å². The highest BCUT2D eigenvalue weighted by Crippen LogP contribution is 2.28. The lowest BCUT2D eigenvalue weighted by atomic mass is 9.92. The van der Waals surface area contributed by atoms with Gasteiger partial charge in [-0.15, -0.1) is 0 Å². The molecule has 170 valence electrons. The molecule has 0 aliphatic rings. The van der Waals surface area contributed by atoms with Gasteiger partial charge < -0.3 is 5.32 Å². The van der Waals surface area contributed by atoms with Crippen molar-refractivity contribution in [3.8, 4) is 5.69 Å². The summed E-state index contributed by atoms with van der Waals surface area (Å²) < 4.78 is 27.7. The van der Waals surface area contributed by atoms with Crippen LogP contribution < -0.4 is 5.32 Å². The van der Waals surface area contributed by atoms with E-state index in [0.717, 1.165) is 21.2 Å². The molecule has 0 radical (unpaired) electrons. The Morgan fingerprint density at radius 1 is 1.09 bits per heavy atom. The fourth-order valence-corrected chi connectivity index (χ4v) is 4.16. The predicted octanol–water partition coefficient (Wildman–Crippen LogP) is 4.63. The summed E-state index contributed by atoms with van der Waals surface area (Å²) in [7, 11) is -0.859. The van der Waals surface area contributed by atoms with Crippen LogP contribution in [0.2, 0.25) is 5.02 Å². The van der Waals surface area contributed by atoms with Gasteiger partial charge in [0.15, 0.2) is 0 Å². The second-order valence-electron chi connectivity index (χ2n) is 8.80. The molecule has 0 saturated heterocycles. The number of aryl methyl sites for hydroxylation is 1. The third kappa shape index (κ3) is 4.87. The number of carbonyl (C=O) groups excluding carboxylic acids is 1. The summed E-state index contributed by atoms with van der Waals surface area (Å²) in [4.78, 5) is 13.1. The molecule has 0 aliphatic carbocycles. The predicted molar refractivity (Wildman–Crippen MR) is 127 cm³/mol. The van der Waals surface area contributed by atoms with Gasteiger partial charge in [0.2, 0.25) is 10.0 Å². The number of sulfonamides is 1. The molecular weight excluding hydrogens is 448 g/mol. The summed E-state index contributed by atoms with van der Waals surface area (Å²) in [5, 5.41) is 7.71. The molecule has 0 saturated carbocycles. The van der Waals surface area contributed by atoms with Crippen molar-refractivity contribution in [1.29, 1.82) is 0 Å². The van der Waals surface area contributed by atoms with Crippen LogP contribution in [0.3, 0.4) is 0 Å². The minimum absolute atomic E-state index is 0.0142. The van der Waals surface area contributed by atoms with Gasteiger partial charge in [-0.1, -0.05) is 44.5 Å². The molecule has 1 heterocycles. The van der Waals surface area contributed by atoms with Crippen LogP contribution >= 0.6 is 11.6 Å². The van der Waals surface area contributed by atoms with Crippen molar-refractivity contribution >= 4 is 33.3 Å². The first-order valence-electron chi connectivity index (χ1n) is 10.0. The largest absolute Gasteiger partial charge is 0.306 e. The Kier molecular flexibility index (Phi) is 6.51. The summed E-state index contributed by atoms with van der Waals surface area (Å²) >= 11 is 6.25. The third-order valence-electron chi connectivity index (χ3n) is 4.93. The van der Waals surface area contributed by atoms with E-state index in [-0.39, 0.29) is 20.9 Å². The fourth-order valence-electron chi connectivity index (χ4n) is 3.03. The molecule has 7 nitrogen and oxygen atoms in total. The van der Waals surface area contributed by atoms with E-state index in [2.05, 4.69) is 5.32 Å². The molecule has 0 unspecified atom stereocenters. The molecule has 0 bridgehead atoms. The Balaban J connectivity index is 2.06. The molecular formula is C23H27ClN4O3S. The second-order valence-corrected chi connectivity index (χ2v) is 11.4. The first-order valence-corrected chi connectivity index (χ1v) is 11.8. The number of rotatable bonds is 5. The molecule has 0 fully saturated rings. The monoisotopic (exact) mass is 474 g/mol. The highest BCUT2D eigenvalue weighted by molar-refractivity contribution is 7.89. The maximum absolute atomic E-state index is 13.1. The summed E-state index contributed by atoms with van der Waals surface area (Å²) in [6.07, 6.45) is 0. The van der Waals surface area contributed by atoms with Crippen LogP contribution in [0.25, 0.3) is 5.69 Å². The Morgan fingerprint density at radius 2 is 1.78 bits per heavy atom. The van der Waals surface area contributed by atoms with Gasteiger partial charge >= 0.3 is 0 Å². The molecule has 32 heavy (non-hydrogen) atoms. The Morgan fingerprint density at radius 3 is 2.38 bits per heavy atom. The number of carbonyl (C=O) groups is 1. The van der Waals surface area contributed by atoms with Crippen molar-refractivity contribution in [3.63, 3.8) is 0 Å². The van der Waals surface area contributed by atoms with E-state index in [1.807, 2.05) is 58.0 Å². The zero-order valence-corrected chi connectivity index (χ0v) is 20.5. The second kappa shape index (κ2) is 8.69. The molecule has 0 spiro atoms. The maximum Gasteiger partial charge on any atom is 0.258 e. The van der Waals surface area contributed by atoms with Crippen LogP contribution in [0.5, 0.6) is 0 Å². The van der Waals surface area contributed by atoms with E-state index in [1.165, 1.54) is 32.3 Å². The molecule has 1 aromatic heterocycles. The minimum Gasteiger partial charge on any atom is -0.306 e. The normalized spacial score (nSPS) is 12.2.